The van der Waals surface area contributed by atoms with Gasteiger partial charge in [0, 0.05) is 6.54 Å². The molecule has 0 aliphatic rings. The van der Waals surface area contributed by atoms with Gasteiger partial charge in [0.2, 0.25) is 5.91 Å². The minimum atomic E-state index is -1.12. The summed E-state index contributed by atoms with van der Waals surface area (Å²) in [4.78, 5) is 25.6. The molecule has 216 valence electrons. The number of alkyl carbamates (subject to hydrolysis) is 1. The first-order valence-corrected chi connectivity index (χ1v) is 13.7. The molecule has 42 heavy (non-hydrogen) atoms. The Hall–Kier alpha value is -4.80. The van der Waals surface area contributed by atoms with Crippen LogP contribution >= 0.6 is 0 Å². The third-order valence-electron chi connectivity index (χ3n) is 6.79. The number of nitrogens with two attached hydrogens (primary N) is 1. The van der Waals surface area contributed by atoms with Crippen molar-refractivity contribution in [3.63, 3.8) is 0 Å². The normalized spacial score (nSPS) is 12.3. The van der Waals surface area contributed by atoms with Crippen molar-refractivity contribution in [3.8, 4) is 0 Å². The first-order valence-electron chi connectivity index (χ1n) is 13.7. The second-order valence-corrected chi connectivity index (χ2v) is 10.6. The van der Waals surface area contributed by atoms with Crippen LogP contribution in [0.5, 0.6) is 0 Å². The molecule has 5 rings (SSSR count). The molecule has 0 aliphatic carbocycles. The fourth-order valence-electron chi connectivity index (χ4n) is 4.57. The largest absolute Gasteiger partial charge is 0.443 e. The first kappa shape index (κ1) is 28.7. The molecule has 0 fully saturated rings. The van der Waals surface area contributed by atoms with Gasteiger partial charge < -0.3 is 25.8 Å². The molecule has 2 aromatic heterocycles. The lowest BCUT2D eigenvalue weighted by Crippen LogP contribution is -2.51. The summed E-state index contributed by atoms with van der Waals surface area (Å²) in [5.74, 6) is 0.0696. The summed E-state index contributed by atoms with van der Waals surface area (Å²) in [5, 5.41) is 16.6. The van der Waals surface area contributed by atoms with E-state index >= 15 is 0 Å². The molecule has 0 saturated heterocycles. The van der Waals surface area contributed by atoms with Crippen LogP contribution in [-0.4, -0.2) is 38.7 Å². The Morgan fingerprint density at radius 3 is 2.45 bits per heavy atom. The summed E-state index contributed by atoms with van der Waals surface area (Å²) in [6, 6.07) is 28.5. The third kappa shape index (κ3) is 6.91. The molecule has 3 aromatic carbocycles. The molecule has 10 heteroatoms. The number of carbonyl (C=O) groups is 2. The molecule has 10 nitrogen and oxygen atoms in total. The number of fused-ring (bicyclic) bond motifs is 2. The van der Waals surface area contributed by atoms with Crippen LogP contribution in [0.2, 0.25) is 0 Å². The van der Waals surface area contributed by atoms with Gasteiger partial charge in [0.15, 0.2) is 11.5 Å². The Morgan fingerprint density at radius 2 is 1.64 bits per heavy atom. The van der Waals surface area contributed by atoms with Crippen LogP contribution in [0.3, 0.4) is 0 Å². The zero-order valence-electron chi connectivity index (χ0n) is 23.6. The summed E-state index contributed by atoms with van der Waals surface area (Å²) in [6.45, 7) is 4.01. The molecule has 0 spiro atoms. The van der Waals surface area contributed by atoms with Crippen LogP contribution in [0.25, 0.3) is 16.4 Å². The summed E-state index contributed by atoms with van der Waals surface area (Å²) in [5.41, 5.74) is 8.10. The highest BCUT2D eigenvalue weighted by atomic mass is 16.5. The minimum Gasteiger partial charge on any atom is -0.443 e. The highest BCUT2D eigenvalue weighted by molar-refractivity contribution is 5.86. The zero-order valence-corrected chi connectivity index (χ0v) is 23.6. The van der Waals surface area contributed by atoms with Gasteiger partial charge in [-0.15, -0.1) is 10.2 Å². The molecule has 0 aliphatic heterocycles. The molecule has 0 bridgehead atoms. The molecular weight excluding hydrogens is 532 g/mol. The smallest absolute Gasteiger partial charge is 0.407 e. The Labute approximate surface area is 243 Å². The molecular formula is C32H34N6O4. The van der Waals surface area contributed by atoms with Gasteiger partial charge >= 0.3 is 6.09 Å². The van der Waals surface area contributed by atoms with E-state index < -0.39 is 17.7 Å². The lowest BCUT2D eigenvalue weighted by Gasteiger charge is -2.24. The molecule has 4 N–H and O–H groups in total. The maximum atomic E-state index is 12.9. The third-order valence-corrected chi connectivity index (χ3v) is 6.79. The lowest BCUT2D eigenvalue weighted by atomic mass is 10.0. The number of rotatable bonds is 11. The quantitative estimate of drug-likeness (QED) is 0.216. The standard InChI is InChI=1S/C32H34N6O4/c1-32(2,33)30(39)35-27(21-41-19-22-10-4-3-5-11-22)29-37-36-28-17-9-15-25(38(28)29)20-42-31(40)34-18-24-14-8-13-23-12-6-7-16-26(23)24/h3-17,27H,18-21,33H2,1-2H3,(H,34,40)(H,35,39)/t27-/m1/s1. The number of hydrogen-bond donors (Lipinski definition) is 3. The van der Waals surface area contributed by atoms with Crippen molar-refractivity contribution in [1.82, 2.24) is 25.2 Å². The molecule has 0 radical (unpaired) electrons. The van der Waals surface area contributed by atoms with E-state index in [9.17, 15) is 9.59 Å². The van der Waals surface area contributed by atoms with Crippen molar-refractivity contribution in [3.05, 3.63) is 114 Å². The van der Waals surface area contributed by atoms with Crippen LogP contribution in [0.1, 0.15) is 42.5 Å². The van der Waals surface area contributed by atoms with Crippen molar-refractivity contribution in [2.24, 2.45) is 5.73 Å². The summed E-state index contributed by atoms with van der Waals surface area (Å²) in [6.07, 6.45) is -0.560. The van der Waals surface area contributed by atoms with Crippen molar-refractivity contribution in [2.75, 3.05) is 6.61 Å². The molecule has 5 aromatic rings. The van der Waals surface area contributed by atoms with Gasteiger partial charge in [-0.3, -0.25) is 9.20 Å². The number of carbonyl (C=O) groups excluding carboxylic acids is 2. The van der Waals surface area contributed by atoms with E-state index in [1.165, 1.54) is 0 Å². The fraction of sp³-hybridized carbons (Fsp3) is 0.250. The van der Waals surface area contributed by atoms with Gasteiger partial charge in [-0.1, -0.05) is 78.9 Å². The van der Waals surface area contributed by atoms with E-state index in [4.69, 9.17) is 15.2 Å². The number of benzene rings is 3. The number of nitrogens with zero attached hydrogens (tertiary/aromatic N) is 3. The Bertz CT molecular complexity index is 1670. The van der Waals surface area contributed by atoms with Crippen molar-refractivity contribution >= 4 is 28.4 Å². The second-order valence-electron chi connectivity index (χ2n) is 10.6. The Kier molecular flexibility index (Phi) is 8.75. The summed E-state index contributed by atoms with van der Waals surface area (Å²) >= 11 is 0. The van der Waals surface area contributed by atoms with E-state index in [1.807, 2.05) is 84.9 Å². The Balaban J connectivity index is 1.31. The van der Waals surface area contributed by atoms with Crippen LogP contribution in [0.15, 0.2) is 91.0 Å². The maximum Gasteiger partial charge on any atom is 0.407 e. The first-order chi connectivity index (χ1) is 20.3. The van der Waals surface area contributed by atoms with Crippen molar-refractivity contribution < 1.29 is 19.1 Å². The molecule has 0 unspecified atom stereocenters. The number of hydrogen-bond acceptors (Lipinski definition) is 7. The lowest BCUT2D eigenvalue weighted by molar-refractivity contribution is -0.126. The Morgan fingerprint density at radius 1 is 0.905 bits per heavy atom. The average molecular weight is 567 g/mol. The topological polar surface area (TPSA) is 133 Å². The zero-order chi connectivity index (χ0) is 29.5. The van der Waals surface area contributed by atoms with Crippen LogP contribution in [0.4, 0.5) is 4.79 Å². The van der Waals surface area contributed by atoms with Gasteiger partial charge in [-0.05, 0) is 47.9 Å². The number of nitrogens with one attached hydrogen (secondary N) is 2. The second kappa shape index (κ2) is 12.8. The van der Waals surface area contributed by atoms with Gasteiger partial charge in [0.25, 0.3) is 0 Å². The van der Waals surface area contributed by atoms with E-state index in [-0.39, 0.29) is 19.1 Å². The predicted molar refractivity (Wildman–Crippen MR) is 159 cm³/mol. The van der Waals surface area contributed by atoms with Crippen LogP contribution in [-0.2, 0) is 34.0 Å². The van der Waals surface area contributed by atoms with Crippen molar-refractivity contribution in [1.29, 1.82) is 0 Å². The highest BCUT2D eigenvalue weighted by Crippen LogP contribution is 2.20. The summed E-state index contributed by atoms with van der Waals surface area (Å²) < 4.78 is 13.3. The molecule has 0 saturated carbocycles. The van der Waals surface area contributed by atoms with E-state index in [0.29, 0.717) is 30.3 Å². The fourth-order valence-corrected chi connectivity index (χ4v) is 4.57. The number of pyridine rings is 1. The highest BCUT2D eigenvalue weighted by Gasteiger charge is 2.28. The minimum absolute atomic E-state index is 0.0440. The average Bonchev–Trinajstić information content (AvgIpc) is 3.43. The van der Waals surface area contributed by atoms with Crippen LogP contribution in [0, 0.1) is 0 Å². The maximum absolute atomic E-state index is 12.9. The van der Waals surface area contributed by atoms with Gasteiger partial charge in [-0.2, -0.15) is 0 Å². The molecule has 1 atom stereocenters. The van der Waals surface area contributed by atoms with E-state index in [0.717, 1.165) is 21.9 Å². The predicted octanol–water partition coefficient (Wildman–Crippen LogP) is 4.42. The number of amides is 2. The van der Waals surface area contributed by atoms with Gasteiger partial charge in [-0.25, -0.2) is 4.79 Å². The van der Waals surface area contributed by atoms with E-state index in [1.54, 1.807) is 24.3 Å². The number of aromatic nitrogens is 3. The summed E-state index contributed by atoms with van der Waals surface area (Å²) in [7, 11) is 0. The SMILES string of the molecule is CC(C)(N)C(=O)N[C@H](COCc1ccccc1)c1nnc2cccc(COC(=O)NCc3cccc4ccccc34)n12. The molecule has 2 heterocycles. The number of ether oxygens (including phenoxy) is 2. The van der Waals surface area contributed by atoms with Crippen molar-refractivity contribution in [2.45, 2.75) is 45.2 Å². The monoisotopic (exact) mass is 566 g/mol. The van der Waals surface area contributed by atoms with Crippen LogP contribution < -0.4 is 16.4 Å². The molecule has 2 amide bonds. The van der Waals surface area contributed by atoms with Gasteiger partial charge in [0.05, 0.1) is 24.4 Å². The van der Waals surface area contributed by atoms with Gasteiger partial charge in [0.1, 0.15) is 12.6 Å². The van der Waals surface area contributed by atoms with E-state index in [2.05, 4.69) is 20.8 Å².